The van der Waals surface area contributed by atoms with Crippen LogP contribution in [0.4, 0.5) is 0 Å². The Morgan fingerprint density at radius 3 is 2.23 bits per heavy atom. The average Bonchev–Trinajstić information content (AvgIpc) is 3.71. The van der Waals surface area contributed by atoms with Gasteiger partial charge in [-0.2, -0.15) is 4.57 Å². The molecule has 0 saturated heterocycles. The van der Waals surface area contributed by atoms with Crippen LogP contribution in [0.1, 0.15) is 80.2 Å². The van der Waals surface area contributed by atoms with Gasteiger partial charge >= 0.3 is 0 Å². The largest absolute Gasteiger partial charge is 0.215 e. The maximum absolute atomic E-state index is 2.67. The SMILES string of the molecule is CCCCc1ccc2c(c1)C1(CC)C(c3ccccc3-c3c(C)c(C)c(-c4ccccc4)c[n+]3C)C1(CC)[n+]1ccccc1-2. The zero-order valence-electron chi connectivity index (χ0n) is 27.3. The van der Waals surface area contributed by atoms with Crippen molar-refractivity contribution >= 4 is 0 Å². The Kier molecular flexibility index (Phi) is 7.08. The summed E-state index contributed by atoms with van der Waals surface area (Å²) in [4.78, 5) is 0. The summed E-state index contributed by atoms with van der Waals surface area (Å²) in [5.41, 5.74) is 15.3. The zero-order chi connectivity index (χ0) is 30.6. The number of aromatic nitrogens is 2. The first kappa shape index (κ1) is 28.7. The molecule has 44 heavy (non-hydrogen) atoms. The van der Waals surface area contributed by atoms with E-state index in [2.05, 4.69) is 154 Å². The van der Waals surface area contributed by atoms with Gasteiger partial charge in [0.15, 0.2) is 17.9 Å². The summed E-state index contributed by atoms with van der Waals surface area (Å²) in [6.07, 6.45) is 10.5. The van der Waals surface area contributed by atoms with Gasteiger partial charge in [-0.05, 0) is 79.1 Å². The Morgan fingerprint density at radius 1 is 0.727 bits per heavy atom. The Bertz CT molecular complexity index is 1870. The van der Waals surface area contributed by atoms with Gasteiger partial charge in [0, 0.05) is 29.7 Å². The van der Waals surface area contributed by atoms with Gasteiger partial charge in [0.2, 0.25) is 11.4 Å². The van der Waals surface area contributed by atoms with Crippen LogP contribution in [0.15, 0.2) is 103 Å². The lowest BCUT2D eigenvalue weighted by atomic mass is 9.78. The first-order chi connectivity index (χ1) is 21.4. The van der Waals surface area contributed by atoms with Crippen molar-refractivity contribution in [2.75, 3.05) is 0 Å². The summed E-state index contributed by atoms with van der Waals surface area (Å²) >= 11 is 0. The molecule has 3 aromatic carbocycles. The third-order valence-corrected chi connectivity index (χ3v) is 11.3. The topological polar surface area (TPSA) is 7.76 Å². The monoisotopic (exact) mass is 578 g/mol. The third-order valence-electron chi connectivity index (χ3n) is 11.3. The summed E-state index contributed by atoms with van der Waals surface area (Å²) in [6.45, 7) is 11.8. The highest BCUT2D eigenvalue weighted by atomic mass is 15.2. The Morgan fingerprint density at radius 2 is 1.48 bits per heavy atom. The second kappa shape index (κ2) is 10.8. The molecule has 0 amide bonds. The molecule has 2 aliphatic rings. The zero-order valence-corrected chi connectivity index (χ0v) is 27.3. The van der Waals surface area contributed by atoms with Crippen LogP contribution in [0.5, 0.6) is 0 Å². The van der Waals surface area contributed by atoms with E-state index in [1.54, 1.807) is 5.56 Å². The van der Waals surface area contributed by atoms with Crippen LogP contribution < -0.4 is 9.13 Å². The average molecular weight is 579 g/mol. The second-order valence-corrected chi connectivity index (χ2v) is 13.2. The molecule has 1 aliphatic carbocycles. The number of rotatable bonds is 8. The first-order valence-corrected chi connectivity index (χ1v) is 16.7. The molecule has 1 aliphatic heterocycles. The number of hydrogen-bond donors (Lipinski definition) is 0. The number of benzene rings is 3. The van der Waals surface area contributed by atoms with Gasteiger partial charge in [0.1, 0.15) is 7.05 Å². The fourth-order valence-electron chi connectivity index (χ4n) is 9.23. The quantitative estimate of drug-likeness (QED) is 0.162. The van der Waals surface area contributed by atoms with E-state index >= 15 is 0 Å². The molecular weight excluding hydrogens is 532 g/mol. The molecule has 0 N–H and O–H groups in total. The number of hydrogen-bond acceptors (Lipinski definition) is 0. The number of pyridine rings is 2. The number of aryl methyl sites for hydroxylation is 2. The van der Waals surface area contributed by atoms with E-state index in [1.165, 1.54) is 68.7 Å². The fraction of sp³-hybridized carbons (Fsp3) is 0.333. The van der Waals surface area contributed by atoms with Crippen LogP contribution in [-0.4, -0.2) is 0 Å². The van der Waals surface area contributed by atoms with Crippen LogP contribution in [0, 0.1) is 13.8 Å². The molecule has 7 rings (SSSR count). The normalized spacial score (nSPS) is 21.4. The molecule has 2 aromatic heterocycles. The Hall–Kier alpha value is -4.04. The van der Waals surface area contributed by atoms with E-state index in [-0.39, 0.29) is 11.0 Å². The van der Waals surface area contributed by atoms with Crippen molar-refractivity contribution in [3.8, 4) is 33.6 Å². The molecule has 3 atom stereocenters. The molecule has 0 bridgehead atoms. The second-order valence-electron chi connectivity index (χ2n) is 13.2. The van der Waals surface area contributed by atoms with Crippen molar-refractivity contribution in [1.82, 2.24) is 0 Å². The van der Waals surface area contributed by atoms with Crippen molar-refractivity contribution in [2.24, 2.45) is 7.05 Å². The molecule has 0 spiro atoms. The Balaban J connectivity index is 1.46. The molecular formula is C42H46N2+2. The van der Waals surface area contributed by atoms with E-state index in [4.69, 9.17) is 0 Å². The lowest BCUT2D eigenvalue weighted by Gasteiger charge is -2.28. The molecule has 1 saturated carbocycles. The van der Waals surface area contributed by atoms with Gasteiger partial charge in [0.25, 0.3) is 0 Å². The number of unbranched alkanes of at least 4 members (excludes halogenated alkanes) is 1. The van der Waals surface area contributed by atoms with Gasteiger partial charge in [-0.1, -0.05) is 87.9 Å². The molecule has 1 fully saturated rings. The summed E-state index contributed by atoms with van der Waals surface area (Å²) < 4.78 is 5.05. The van der Waals surface area contributed by atoms with E-state index in [1.807, 2.05) is 0 Å². The smallest absolute Gasteiger partial charge is 0.200 e. The van der Waals surface area contributed by atoms with Crippen molar-refractivity contribution < 1.29 is 9.13 Å². The van der Waals surface area contributed by atoms with Crippen LogP contribution in [0.2, 0.25) is 0 Å². The van der Waals surface area contributed by atoms with Gasteiger partial charge in [0.05, 0.1) is 22.5 Å². The van der Waals surface area contributed by atoms with E-state index in [0.29, 0.717) is 5.92 Å². The molecule has 2 heteroatoms. The molecule has 3 heterocycles. The van der Waals surface area contributed by atoms with Crippen molar-refractivity contribution in [1.29, 1.82) is 0 Å². The highest BCUT2D eigenvalue weighted by Gasteiger charge is 2.85. The van der Waals surface area contributed by atoms with Crippen molar-refractivity contribution in [3.63, 3.8) is 0 Å². The molecule has 222 valence electrons. The number of nitrogens with zero attached hydrogens (tertiary/aromatic N) is 2. The summed E-state index contributed by atoms with van der Waals surface area (Å²) in [5.74, 6) is 0.378. The van der Waals surface area contributed by atoms with Crippen LogP contribution in [-0.2, 0) is 24.4 Å². The standard InChI is InChI=1S/C42H46N2/c1-7-10-18-31-24-25-35-37(27-31)41(8-2)40(42(41,9-3)44-26-17-16-23-38(35)44)34-22-15-14-21-33(34)39-30(5)29(4)36(28-43(39)6)32-19-12-11-13-20-32/h11-17,19-28,40H,7-10,18H2,1-6H3/q+2. The molecule has 0 radical (unpaired) electrons. The third kappa shape index (κ3) is 3.86. The minimum atomic E-state index is -0.00364. The fourth-order valence-corrected chi connectivity index (χ4v) is 9.23. The predicted octanol–water partition coefficient (Wildman–Crippen LogP) is 9.32. The summed E-state index contributed by atoms with van der Waals surface area (Å²) in [7, 11) is 2.23. The van der Waals surface area contributed by atoms with Gasteiger partial charge in [-0.3, -0.25) is 0 Å². The lowest BCUT2D eigenvalue weighted by Crippen LogP contribution is -2.54. The highest BCUT2D eigenvalue weighted by molar-refractivity contribution is 5.77. The van der Waals surface area contributed by atoms with Gasteiger partial charge in [-0.15, -0.1) is 0 Å². The maximum atomic E-state index is 2.67. The summed E-state index contributed by atoms with van der Waals surface area (Å²) in [6, 6.07) is 34.4. The van der Waals surface area contributed by atoms with Gasteiger partial charge < -0.3 is 0 Å². The van der Waals surface area contributed by atoms with Crippen LogP contribution in [0.25, 0.3) is 33.6 Å². The van der Waals surface area contributed by atoms with Crippen LogP contribution in [0.3, 0.4) is 0 Å². The minimum absolute atomic E-state index is 0.00364. The maximum Gasteiger partial charge on any atom is 0.215 e. The molecule has 5 aromatic rings. The lowest BCUT2D eigenvalue weighted by molar-refractivity contribution is -0.737. The number of fused-ring (bicyclic) bond motifs is 6. The van der Waals surface area contributed by atoms with E-state index < -0.39 is 0 Å². The first-order valence-electron chi connectivity index (χ1n) is 16.7. The van der Waals surface area contributed by atoms with Crippen molar-refractivity contribution in [2.45, 2.75) is 83.6 Å². The Labute approximate surface area is 264 Å². The van der Waals surface area contributed by atoms with Crippen LogP contribution >= 0.6 is 0 Å². The van der Waals surface area contributed by atoms with Gasteiger partial charge in [-0.25, -0.2) is 4.57 Å². The van der Waals surface area contributed by atoms with Crippen molar-refractivity contribution in [3.05, 3.63) is 131 Å². The molecule has 2 nitrogen and oxygen atoms in total. The highest BCUT2D eigenvalue weighted by Crippen LogP contribution is 2.76. The van der Waals surface area contributed by atoms with E-state index in [0.717, 1.165) is 19.3 Å². The molecule has 3 unspecified atom stereocenters. The van der Waals surface area contributed by atoms with E-state index in [9.17, 15) is 0 Å². The minimum Gasteiger partial charge on any atom is -0.200 e. The summed E-state index contributed by atoms with van der Waals surface area (Å²) in [5, 5.41) is 0. The predicted molar refractivity (Wildman–Crippen MR) is 182 cm³/mol.